The molecule has 58 heavy (non-hydrogen) atoms. The molecule has 2 fully saturated rings. The van der Waals surface area contributed by atoms with Gasteiger partial charge in [-0.25, -0.2) is 0 Å². The van der Waals surface area contributed by atoms with Gasteiger partial charge in [0, 0.05) is 71.0 Å². The van der Waals surface area contributed by atoms with Crippen LogP contribution in [0.3, 0.4) is 0 Å². The van der Waals surface area contributed by atoms with E-state index in [0.29, 0.717) is 22.4 Å². The Labute approximate surface area is 335 Å². The van der Waals surface area contributed by atoms with E-state index in [2.05, 4.69) is 64.8 Å². The number of benzene rings is 3. The van der Waals surface area contributed by atoms with Crippen LogP contribution < -0.4 is 20.9 Å². The molecule has 1 aromatic heterocycles. The van der Waals surface area contributed by atoms with Crippen LogP contribution in [0, 0.1) is 11.3 Å². The molecule has 4 N–H and O–H groups in total. The molecule has 0 bridgehead atoms. The van der Waals surface area contributed by atoms with Crippen molar-refractivity contribution in [3.05, 3.63) is 93.2 Å². The number of piperidine rings is 2. The maximum atomic E-state index is 14.1. The smallest absolute Gasteiger partial charge is 0.264 e. The first-order valence-corrected chi connectivity index (χ1v) is 19.9. The highest BCUT2D eigenvalue weighted by atomic mass is 16.5. The number of nitrogens with one attached hydrogen (secondary N) is 4. The fraction of sp³-hybridized carbons (Fsp3) is 0.386. The minimum Gasteiger partial charge on any atom is -0.382 e. The number of H-pyrrole nitrogens is 1. The largest absolute Gasteiger partial charge is 0.382 e. The van der Waals surface area contributed by atoms with Gasteiger partial charge in [0.05, 0.1) is 34.9 Å². The van der Waals surface area contributed by atoms with Crippen molar-refractivity contribution in [3.63, 3.8) is 0 Å². The van der Waals surface area contributed by atoms with Crippen LogP contribution in [0.2, 0.25) is 0 Å². The fourth-order valence-corrected chi connectivity index (χ4v) is 8.90. The maximum absolute atomic E-state index is 14.1. The molecule has 4 heterocycles. The van der Waals surface area contributed by atoms with E-state index in [1.54, 1.807) is 31.2 Å². The molecule has 4 aliphatic rings. The third kappa shape index (κ3) is 6.49. The van der Waals surface area contributed by atoms with Crippen molar-refractivity contribution in [1.29, 1.82) is 5.26 Å². The number of aromatic nitrogens is 1. The first-order chi connectivity index (χ1) is 27.8. The molecule has 3 aliphatic heterocycles. The van der Waals surface area contributed by atoms with Crippen molar-refractivity contribution in [1.82, 2.24) is 20.5 Å². The van der Waals surface area contributed by atoms with Crippen molar-refractivity contribution in [2.75, 3.05) is 36.5 Å². The van der Waals surface area contributed by atoms with Gasteiger partial charge in [-0.3, -0.25) is 39.0 Å². The summed E-state index contributed by atoms with van der Waals surface area (Å²) in [6.45, 7) is 9.89. The third-order valence-corrected chi connectivity index (χ3v) is 12.1. The molecule has 298 valence electrons. The number of hydrogen-bond donors (Lipinski definition) is 4. The molecule has 1 aliphatic carbocycles. The number of anilines is 2. The molecule has 2 atom stereocenters. The molecule has 5 amide bonds. The number of rotatable bonds is 10. The summed E-state index contributed by atoms with van der Waals surface area (Å²) >= 11 is 0. The molecule has 4 aromatic rings. The number of carbonyl (C=O) groups excluding carboxylic acids is 6. The second-order valence-electron chi connectivity index (χ2n) is 16.0. The van der Waals surface area contributed by atoms with E-state index in [9.17, 15) is 34.0 Å². The molecule has 0 radical (unpaired) electrons. The fourth-order valence-electron chi connectivity index (χ4n) is 8.90. The number of fused-ring (bicyclic) bond motifs is 5. The Kier molecular flexibility index (Phi) is 9.88. The topological polar surface area (TPSA) is 194 Å². The standard InChI is InChI=1S/C44H45N7O7/c1-5-25-20-29-30(44(3,4)39-37(38(29)53)27-10-9-24(22-45)19-32(27)48-39)21-34(25)50-16-13-26(14-17-50)47-40(54)23(2)58-18-15-46-31-8-6-7-28-36(31)43(57)51(42(28)56)33-11-12-35(52)49-41(33)55/h6-10,19-21,23,26,33,46,48H,5,11-18H2,1-4H3,(H,47,54)(H,49,52,55). The van der Waals surface area contributed by atoms with Crippen LogP contribution in [0.5, 0.6) is 0 Å². The van der Waals surface area contributed by atoms with Gasteiger partial charge in [0.1, 0.15) is 12.1 Å². The zero-order valence-electron chi connectivity index (χ0n) is 32.9. The number of imide groups is 2. The Bertz CT molecular complexity index is 2470. The van der Waals surface area contributed by atoms with Gasteiger partial charge in [0.15, 0.2) is 5.78 Å². The minimum absolute atomic E-state index is 0.0105. The lowest BCUT2D eigenvalue weighted by molar-refractivity contribution is -0.136. The van der Waals surface area contributed by atoms with Crippen molar-refractivity contribution in [2.24, 2.45) is 0 Å². The number of ketones is 1. The molecule has 3 aromatic carbocycles. The van der Waals surface area contributed by atoms with E-state index in [1.807, 2.05) is 6.07 Å². The summed E-state index contributed by atoms with van der Waals surface area (Å²) < 4.78 is 5.86. The Morgan fingerprint density at radius 2 is 1.78 bits per heavy atom. The first kappa shape index (κ1) is 38.5. The highest BCUT2D eigenvalue weighted by Crippen LogP contribution is 2.46. The predicted molar refractivity (Wildman–Crippen MR) is 215 cm³/mol. The van der Waals surface area contributed by atoms with Crippen LogP contribution in [-0.4, -0.2) is 89.6 Å². The number of carbonyl (C=O) groups is 6. The highest BCUT2D eigenvalue weighted by Gasteiger charge is 2.46. The van der Waals surface area contributed by atoms with Crippen molar-refractivity contribution in [2.45, 2.75) is 83.4 Å². The lowest BCUT2D eigenvalue weighted by atomic mass is 9.70. The van der Waals surface area contributed by atoms with Gasteiger partial charge in [0.25, 0.3) is 11.8 Å². The van der Waals surface area contributed by atoms with Crippen molar-refractivity contribution < 1.29 is 33.5 Å². The van der Waals surface area contributed by atoms with Gasteiger partial charge in [0.2, 0.25) is 17.7 Å². The number of nitriles is 1. The molecule has 0 saturated carbocycles. The number of amides is 5. The highest BCUT2D eigenvalue weighted by molar-refractivity contribution is 6.25. The molecule has 2 unspecified atom stereocenters. The van der Waals surface area contributed by atoms with Crippen molar-refractivity contribution in [3.8, 4) is 6.07 Å². The summed E-state index contributed by atoms with van der Waals surface area (Å²) in [5, 5.41) is 18.8. The van der Waals surface area contributed by atoms with Gasteiger partial charge in [-0.2, -0.15) is 5.26 Å². The zero-order chi connectivity index (χ0) is 41.0. The van der Waals surface area contributed by atoms with Gasteiger partial charge < -0.3 is 25.3 Å². The Morgan fingerprint density at radius 3 is 2.50 bits per heavy atom. The molecular weight excluding hydrogens is 739 g/mol. The maximum Gasteiger partial charge on any atom is 0.264 e. The summed E-state index contributed by atoms with van der Waals surface area (Å²) in [6.07, 6.45) is 1.60. The van der Waals surface area contributed by atoms with Crippen molar-refractivity contribution >= 4 is 57.6 Å². The third-order valence-electron chi connectivity index (χ3n) is 12.1. The van der Waals surface area contributed by atoms with E-state index < -0.39 is 41.2 Å². The minimum atomic E-state index is -1.05. The summed E-state index contributed by atoms with van der Waals surface area (Å²) in [5.74, 6) is -2.52. The van der Waals surface area contributed by atoms with Gasteiger partial charge in [-0.15, -0.1) is 0 Å². The monoisotopic (exact) mass is 783 g/mol. The van der Waals surface area contributed by atoms with Crippen LogP contribution in [0.4, 0.5) is 11.4 Å². The van der Waals surface area contributed by atoms with E-state index >= 15 is 0 Å². The van der Waals surface area contributed by atoms with Crippen LogP contribution in [0.15, 0.2) is 48.5 Å². The average molecular weight is 784 g/mol. The van der Waals surface area contributed by atoms with Gasteiger partial charge in [-0.1, -0.05) is 32.9 Å². The van der Waals surface area contributed by atoms with Gasteiger partial charge in [-0.05, 0) is 80.1 Å². The summed E-state index contributed by atoms with van der Waals surface area (Å²) in [7, 11) is 0. The summed E-state index contributed by atoms with van der Waals surface area (Å²) in [4.78, 5) is 84.6. The average Bonchev–Trinajstić information content (AvgIpc) is 3.73. The SMILES string of the molecule is CCc1cc2c(cc1N1CCC(NC(=O)C(C)OCCNc3cccc4c3C(=O)N(C3CCC(=O)NC3=O)C4=O)CC1)C(C)(C)c1[nH]c3cc(C#N)ccc3c1C2=O. The van der Waals surface area contributed by atoms with Crippen LogP contribution in [-0.2, 0) is 31.0 Å². The lowest BCUT2D eigenvalue weighted by Crippen LogP contribution is -2.54. The van der Waals surface area contributed by atoms with E-state index in [4.69, 9.17) is 4.74 Å². The second-order valence-corrected chi connectivity index (χ2v) is 16.0. The first-order valence-electron chi connectivity index (χ1n) is 19.9. The molecule has 14 heteroatoms. The van der Waals surface area contributed by atoms with Gasteiger partial charge >= 0.3 is 0 Å². The number of aryl methyl sites for hydroxylation is 1. The lowest BCUT2D eigenvalue weighted by Gasteiger charge is -2.38. The van der Waals surface area contributed by atoms with Crippen LogP contribution >= 0.6 is 0 Å². The summed E-state index contributed by atoms with van der Waals surface area (Å²) in [5.41, 5.74) is 6.98. The van der Waals surface area contributed by atoms with Crippen LogP contribution in [0.25, 0.3) is 10.9 Å². The number of ether oxygens (including phenoxy) is 1. The zero-order valence-corrected chi connectivity index (χ0v) is 32.9. The summed E-state index contributed by atoms with van der Waals surface area (Å²) in [6, 6.07) is 15.6. The predicted octanol–water partition coefficient (Wildman–Crippen LogP) is 4.48. The molecule has 0 spiro atoms. The number of hydrogen-bond acceptors (Lipinski definition) is 10. The quantitative estimate of drug-likeness (QED) is 0.132. The second kappa shape index (κ2) is 14.9. The Balaban J connectivity index is 0.859. The van der Waals surface area contributed by atoms with E-state index in [0.717, 1.165) is 70.7 Å². The molecule has 2 saturated heterocycles. The molecule has 14 nitrogen and oxygen atoms in total. The Morgan fingerprint density at radius 1 is 1.00 bits per heavy atom. The number of aromatic amines is 1. The van der Waals surface area contributed by atoms with E-state index in [-0.39, 0.29) is 54.9 Å². The molecule has 8 rings (SSSR count). The van der Waals surface area contributed by atoms with Crippen LogP contribution in [0.1, 0.15) is 112 Å². The Hall–Kier alpha value is -6.33. The number of nitrogens with zero attached hydrogens (tertiary/aromatic N) is 3. The van der Waals surface area contributed by atoms with E-state index in [1.165, 1.54) is 6.07 Å². The molecular formula is C44H45N7O7. The normalized spacial score (nSPS) is 19.4.